The van der Waals surface area contributed by atoms with Gasteiger partial charge in [0.05, 0.1) is 24.8 Å². The van der Waals surface area contributed by atoms with Gasteiger partial charge in [-0.05, 0) is 36.2 Å². The average molecular weight is 375 g/mol. The summed E-state index contributed by atoms with van der Waals surface area (Å²) in [5.41, 5.74) is 2.50. The zero-order valence-corrected chi connectivity index (χ0v) is 15.3. The van der Waals surface area contributed by atoms with Crippen molar-refractivity contribution in [2.45, 2.75) is 12.5 Å². The second-order valence-corrected chi connectivity index (χ2v) is 6.72. The highest BCUT2D eigenvalue weighted by atomic mass is 16.5. The van der Waals surface area contributed by atoms with Crippen LogP contribution in [0.5, 0.6) is 0 Å². The summed E-state index contributed by atoms with van der Waals surface area (Å²) in [6, 6.07) is 13.6. The average Bonchev–Trinajstić information content (AvgIpc) is 3.16. The fourth-order valence-corrected chi connectivity index (χ4v) is 3.19. The van der Waals surface area contributed by atoms with Gasteiger partial charge in [-0.2, -0.15) is 0 Å². The number of aromatic nitrogens is 3. The molecule has 1 aliphatic heterocycles. The van der Waals surface area contributed by atoms with Crippen molar-refractivity contribution in [1.29, 1.82) is 0 Å². The van der Waals surface area contributed by atoms with E-state index in [1.165, 1.54) is 18.0 Å². The van der Waals surface area contributed by atoms with E-state index >= 15 is 0 Å². The number of para-hydroxylation sites is 1. The first-order valence-electron chi connectivity index (χ1n) is 9.19. The lowest BCUT2D eigenvalue weighted by Crippen LogP contribution is -2.40. The maximum atomic E-state index is 12.6. The van der Waals surface area contributed by atoms with Crippen LogP contribution in [-0.4, -0.2) is 40.1 Å². The summed E-state index contributed by atoms with van der Waals surface area (Å²) in [5.74, 6) is 0.482. The molecule has 1 aromatic carbocycles. The molecule has 1 aliphatic rings. The van der Waals surface area contributed by atoms with E-state index in [9.17, 15) is 4.79 Å². The monoisotopic (exact) mass is 375 g/mol. The van der Waals surface area contributed by atoms with Gasteiger partial charge in [-0.15, -0.1) is 0 Å². The molecular weight excluding hydrogens is 354 g/mol. The van der Waals surface area contributed by atoms with Crippen LogP contribution < -0.4 is 10.6 Å². The van der Waals surface area contributed by atoms with Crippen LogP contribution in [0.4, 0.5) is 11.6 Å². The van der Waals surface area contributed by atoms with Gasteiger partial charge < -0.3 is 15.4 Å². The zero-order valence-electron chi connectivity index (χ0n) is 15.3. The summed E-state index contributed by atoms with van der Waals surface area (Å²) in [7, 11) is 0. The van der Waals surface area contributed by atoms with Crippen molar-refractivity contribution in [2.24, 2.45) is 5.92 Å². The first-order chi connectivity index (χ1) is 13.8. The third-order valence-electron chi connectivity index (χ3n) is 4.71. The number of anilines is 2. The number of carbonyl (C=O) groups excluding carboxylic acids is 1. The lowest BCUT2D eigenvalue weighted by atomic mass is 9.95. The molecule has 28 heavy (non-hydrogen) atoms. The normalized spacial score (nSPS) is 18.6. The predicted octanol–water partition coefficient (Wildman–Crippen LogP) is 2.60. The SMILES string of the molecule is O=C(N[C@@H]1COC[C@H]1Cc1ccncc1)c1cnc(Nc2ccccc2)nc1. The smallest absolute Gasteiger partial charge is 0.254 e. The molecule has 1 fully saturated rings. The topological polar surface area (TPSA) is 89.0 Å². The summed E-state index contributed by atoms with van der Waals surface area (Å²) in [5, 5.41) is 6.15. The summed E-state index contributed by atoms with van der Waals surface area (Å²) in [4.78, 5) is 25.1. The fraction of sp³-hybridized carbons (Fsp3) is 0.238. The number of rotatable bonds is 6. The second-order valence-electron chi connectivity index (χ2n) is 6.72. The number of hydrogen-bond acceptors (Lipinski definition) is 6. The minimum Gasteiger partial charge on any atom is -0.379 e. The first-order valence-corrected chi connectivity index (χ1v) is 9.19. The number of nitrogens with zero attached hydrogens (tertiary/aromatic N) is 3. The number of nitrogens with one attached hydrogen (secondary N) is 2. The van der Waals surface area contributed by atoms with Crippen molar-refractivity contribution in [1.82, 2.24) is 20.3 Å². The van der Waals surface area contributed by atoms with Gasteiger partial charge in [-0.1, -0.05) is 18.2 Å². The Labute approximate surface area is 163 Å². The van der Waals surface area contributed by atoms with Crippen molar-refractivity contribution in [3.8, 4) is 0 Å². The Morgan fingerprint density at radius 3 is 2.54 bits per heavy atom. The second kappa shape index (κ2) is 8.58. The van der Waals surface area contributed by atoms with E-state index in [1.807, 2.05) is 42.5 Å². The van der Waals surface area contributed by atoms with Crippen molar-refractivity contribution >= 4 is 17.5 Å². The van der Waals surface area contributed by atoms with Gasteiger partial charge in [-0.3, -0.25) is 9.78 Å². The van der Waals surface area contributed by atoms with Gasteiger partial charge in [0.25, 0.3) is 5.91 Å². The van der Waals surface area contributed by atoms with E-state index in [0.717, 1.165) is 12.1 Å². The van der Waals surface area contributed by atoms with E-state index in [0.29, 0.717) is 24.7 Å². The molecule has 0 spiro atoms. The highest BCUT2D eigenvalue weighted by Crippen LogP contribution is 2.19. The molecule has 3 aromatic rings. The van der Waals surface area contributed by atoms with Crippen LogP contribution in [0.1, 0.15) is 15.9 Å². The third kappa shape index (κ3) is 4.50. The molecule has 0 aliphatic carbocycles. The number of carbonyl (C=O) groups is 1. The van der Waals surface area contributed by atoms with E-state index in [4.69, 9.17) is 4.74 Å². The van der Waals surface area contributed by atoms with E-state index in [2.05, 4.69) is 25.6 Å². The number of pyridine rings is 1. The van der Waals surface area contributed by atoms with E-state index in [-0.39, 0.29) is 17.9 Å². The van der Waals surface area contributed by atoms with Crippen LogP contribution in [-0.2, 0) is 11.2 Å². The third-order valence-corrected chi connectivity index (χ3v) is 4.71. The lowest BCUT2D eigenvalue weighted by Gasteiger charge is -2.19. The Hall–Kier alpha value is -3.32. The van der Waals surface area contributed by atoms with Gasteiger partial charge in [-0.25, -0.2) is 9.97 Å². The van der Waals surface area contributed by atoms with Gasteiger partial charge in [0.15, 0.2) is 0 Å². The fourth-order valence-electron chi connectivity index (χ4n) is 3.19. The number of benzene rings is 1. The van der Waals surface area contributed by atoms with Crippen LogP contribution in [0.25, 0.3) is 0 Å². The summed E-state index contributed by atoms with van der Waals surface area (Å²) in [6.07, 6.45) is 7.45. The van der Waals surface area contributed by atoms with Crippen molar-refractivity contribution < 1.29 is 9.53 Å². The van der Waals surface area contributed by atoms with Gasteiger partial charge in [0, 0.05) is 36.4 Å². The summed E-state index contributed by atoms with van der Waals surface area (Å²) >= 11 is 0. The Bertz CT molecular complexity index is 903. The molecule has 1 amide bonds. The highest BCUT2D eigenvalue weighted by molar-refractivity contribution is 5.93. The molecule has 0 unspecified atom stereocenters. The van der Waals surface area contributed by atoms with Crippen LogP contribution in [0.3, 0.4) is 0 Å². The number of hydrogen-bond donors (Lipinski definition) is 2. The molecule has 0 radical (unpaired) electrons. The highest BCUT2D eigenvalue weighted by Gasteiger charge is 2.30. The molecule has 7 heteroatoms. The number of ether oxygens (including phenoxy) is 1. The molecule has 2 aromatic heterocycles. The van der Waals surface area contributed by atoms with Crippen LogP contribution in [0.15, 0.2) is 67.3 Å². The van der Waals surface area contributed by atoms with Crippen LogP contribution >= 0.6 is 0 Å². The summed E-state index contributed by atoms with van der Waals surface area (Å²) in [6.45, 7) is 1.14. The maximum Gasteiger partial charge on any atom is 0.254 e. The molecule has 142 valence electrons. The summed E-state index contributed by atoms with van der Waals surface area (Å²) < 4.78 is 5.59. The van der Waals surface area contributed by atoms with Crippen molar-refractivity contribution in [3.63, 3.8) is 0 Å². The standard InChI is InChI=1S/C21H21N5O2/c27-20(17-11-23-21(24-12-17)25-18-4-2-1-3-5-18)26-19-14-28-13-16(19)10-15-6-8-22-9-7-15/h1-9,11-12,16,19H,10,13-14H2,(H,26,27)(H,23,24,25)/t16-,19-/m1/s1. The minimum absolute atomic E-state index is 0.0391. The Kier molecular flexibility index (Phi) is 5.53. The molecule has 0 bridgehead atoms. The van der Waals surface area contributed by atoms with E-state index < -0.39 is 0 Å². The molecule has 7 nitrogen and oxygen atoms in total. The largest absolute Gasteiger partial charge is 0.379 e. The molecule has 2 N–H and O–H groups in total. The van der Waals surface area contributed by atoms with Gasteiger partial charge in [0.2, 0.25) is 5.95 Å². The Morgan fingerprint density at radius 1 is 1.04 bits per heavy atom. The molecular formula is C21H21N5O2. The Morgan fingerprint density at radius 2 is 1.79 bits per heavy atom. The molecule has 4 rings (SSSR count). The van der Waals surface area contributed by atoms with Gasteiger partial charge in [0.1, 0.15) is 0 Å². The Balaban J connectivity index is 1.36. The van der Waals surface area contributed by atoms with Crippen molar-refractivity contribution in [2.75, 3.05) is 18.5 Å². The predicted molar refractivity (Wildman–Crippen MR) is 105 cm³/mol. The molecule has 3 heterocycles. The maximum absolute atomic E-state index is 12.6. The van der Waals surface area contributed by atoms with Crippen molar-refractivity contribution in [3.05, 3.63) is 78.4 Å². The van der Waals surface area contributed by atoms with Crippen LogP contribution in [0.2, 0.25) is 0 Å². The molecule has 2 atom stereocenters. The van der Waals surface area contributed by atoms with Gasteiger partial charge >= 0.3 is 0 Å². The first kappa shape index (κ1) is 18.1. The number of amides is 1. The quantitative estimate of drug-likeness (QED) is 0.688. The lowest BCUT2D eigenvalue weighted by molar-refractivity contribution is 0.0924. The minimum atomic E-state index is -0.193. The molecule has 1 saturated heterocycles. The van der Waals surface area contributed by atoms with Crippen LogP contribution in [0, 0.1) is 5.92 Å². The zero-order chi connectivity index (χ0) is 19.2. The molecule has 0 saturated carbocycles. The van der Waals surface area contributed by atoms with E-state index in [1.54, 1.807) is 12.4 Å².